The summed E-state index contributed by atoms with van der Waals surface area (Å²) < 4.78 is 5.52. The minimum Gasteiger partial charge on any atom is -0.378 e. The lowest BCUT2D eigenvalue weighted by Gasteiger charge is -2.30. The van der Waals surface area contributed by atoms with Gasteiger partial charge in [0.25, 0.3) is 5.56 Å². The van der Waals surface area contributed by atoms with E-state index in [0.717, 1.165) is 59.5 Å². The van der Waals surface area contributed by atoms with Crippen LogP contribution in [-0.2, 0) is 4.74 Å². The lowest BCUT2D eigenvalue weighted by Crippen LogP contribution is -2.36. The molecule has 9 heteroatoms. The van der Waals surface area contributed by atoms with E-state index in [1.165, 1.54) is 0 Å². The Hall–Kier alpha value is -4.24. The summed E-state index contributed by atoms with van der Waals surface area (Å²) >= 11 is 0. The molecule has 1 atom stereocenters. The summed E-state index contributed by atoms with van der Waals surface area (Å²) in [6.45, 7) is 7.21. The Balaban J connectivity index is 1.50. The first-order valence-corrected chi connectivity index (χ1v) is 12.1. The number of aryl methyl sites for hydroxylation is 1. The molecule has 0 bridgehead atoms. The normalized spacial score (nSPS) is 14.9. The van der Waals surface area contributed by atoms with Crippen molar-refractivity contribution in [2.24, 2.45) is 0 Å². The molecule has 9 nitrogen and oxygen atoms in total. The number of nitrogens with zero attached hydrogens (tertiary/aromatic N) is 4. The van der Waals surface area contributed by atoms with E-state index in [1.54, 1.807) is 18.5 Å². The molecule has 3 N–H and O–H groups in total. The summed E-state index contributed by atoms with van der Waals surface area (Å²) in [4.78, 5) is 35.9. The number of anilines is 2. The lowest BCUT2D eigenvalue weighted by molar-refractivity contribution is 0.122. The number of hydrogen-bond acceptors (Lipinski definition) is 7. The van der Waals surface area contributed by atoms with Gasteiger partial charge in [-0.2, -0.15) is 0 Å². The highest BCUT2D eigenvalue weighted by molar-refractivity contribution is 5.99. The maximum Gasteiger partial charge on any atom is 0.261 e. The Kier molecular flexibility index (Phi) is 5.61. The van der Waals surface area contributed by atoms with Gasteiger partial charge in [-0.15, -0.1) is 0 Å². The zero-order chi connectivity index (χ0) is 24.6. The van der Waals surface area contributed by atoms with Gasteiger partial charge in [-0.25, -0.2) is 15.0 Å². The Morgan fingerprint density at radius 3 is 2.61 bits per heavy atom. The molecule has 0 spiro atoms. The molecule has 1 fully saturated rings. The predicted octanol–water partition coefficient (Wildman–Crippen LogP) is 4.18. The van der Waals surface area contributed by atoms with E-state index in [4.69, 9.17) is 9.72 Å². The Bertz CT molecular complexity index is 1600. The summed E-state index contributed by atoms with van der Waals surface area (Å²) in [6, 6.07) is 13.4. The number of nitrogens with one attached hydrogen (secondary N) is 3. The SMILES string of the molecule is Cc1c(N2CCOCC2)ccc2nc(-c3c(N[C@@H](C)c4ncccn4)c4ccccc4[nH]c3=O)[nH]c12. The standard InChI is InChI=1S/C27H27N7O2/c1-16-21(34-12-14-36-15-13-34)9-8-20-23(16)33-26(31-20)22-24(30-17(2)25-28-10-5-11-29-25)18-6-3-4-7-19(18)32-27(22)35/h3-11,17H,12-15H2,1-2H3,(H,31,33)(H2,30,32,35)/t17-/m0/s1. The molecule has 0 radical (unpaired) electrons. The number of ether oxygens (including phenoxy) is 1. The summed E-state index contributed by atoms with van der Waals surface area (Å²) in [5.41, 5.74) is 5.68. The fraction of sp³-hybridized carbons (Fsp3) is 0.259. The summed E-state index contributed by atoms with van der Waals surface area (Å²) in [6.07, 6.45) is 3.43. The van der Waals surface area contributed by atoms with Gasteiger partial charge in [0.05, 0.1) is 41.5 Å². The number of fused-ring (bicyclic) bond motifs is 2. The minimum atomic E-state index is -0.228. The van der Waals surface area contributed by atoms with Crippen LogP contribution in [0.1, 0.15) is 24.4 Å². The van der Waals surface area contributed by atoms with Crippen LogP contribution in [0.25, 0.3) is 33.3 Å². The fourth-order valence-electron chi connectivity index (χ4n) is 4.90. The quantitative estimate of drug-likeness (QED) is 0.345. The van der Waals surface area contributed by atoms with Gasteiger partial charge in [-0.3, -0.25) is 4.79 Å². The number of imidazole rings is 1. The monoisotopic (exact) mass is 481 g/mol. The third kappa shape index (κ3) is 3.87. The van der Waals surface area contributed by atoms with Gasteiger partial charge in [0.15, 0.2) is 0 Å². The van der Waals surface area contributed by atoms with Crippen molar-refractivity contribution in [1.82, 2.24) is 24.9 Å². The smallest absolute Gasteiger partial charge is 0.261 e. The fourth-order valence-corrected chi connectivity index (χ4v) is 4.90. The van der Waals surface area contributed by atoms with Gasteiger partial charge in [0.1, 0.15) is 17.2 Å². The number of H-pyrrole nitrogens is 2. The van der Waals surface area contributed by atoms with E-state index in [-0.39, 0.29) is 11.6 Å². The molecule has 182 valence electrons. The topological polar surface area (TPSA) is 112 Å². The van der Waals surface area contributed by atoms with Crippen molar-refractivity contribution in [3.05, 3.63) is 76.6 Å². The summed E-state index contributed by atoms with van der Waals surface area (Å²) in [5, 5.41) is 4.39. The van der Waals surface area contributed by atoms with Gasteiger partial charge < -0.3 is 24.9 Å². The van der Waals surface area contributed by atoms with Crippen LogP contribution in [0.3, 0.4) is 0 Å². The molecule has 0 saturated carbocycles. The second kappa shape index (κ2) is 9.09. The van der Waals surface area contributed by atoms with E-state index in [0.29, 0.717) is 22.9 Å². The molecule has 1 aliphatic rings. The maximum absolute atomic E-state index is 13.4. The third-order valence-corrected chi connectivity index (χ3v) is 6.73. The number of para-hydroxylation sites is 1. The third-order valence-electron chi connectivity index (χ3n) is 6.73. The van der Waals surface area contributed by atoms with E-state index in [9.17, 15) is 4.79 Å². The van der Waals surface area contributed by atoms with Gasteiger partial charge in [-0.05, 0) is 43.7 Å². The average molecular weight is 482 g/mol. The van der Waals surface area contributed by atoms with Crippen LogP contribution in [0, 0.1) is 6.92 Å². The second-order valence-electron chi connectivity index (χ2n) is 9.01. The molecule has 1 aliphatic heterocycles. The molecule has 4 heterocycles. The van der Waals surface area contributed by atoms with Gasteiger partial charge in [0, 0.05) is 36.6 Å². The number of pyridine rings is 1. The number of benzene rings is 2. The Morgan fingerprint density at radius 2 is 1.81 bits per heavy atom. The van der Waals surface area contributed by atoms with E-state index in [1.807, 2.05) is 37.3 Å². The Morgan fingerprint density at radius 1 is 1.03 bits per heavy atom. The van der Waals surface area contributed by atoms with E-state index >= 15 is 0 Å². The highest BCUT2D eigenvalue weighted by Crippen LogP contribution is 2.35. The Labute approximate surface area is 207 Å². The molecule has 0 aliphatic carbocycles. The number of morpholine rings is 1. The molecule has 36 heavy (non-hydrogen) atoms. The maximum atomic E-state index is 13.4. The van der Waals surface area contributed by atoms with Gasteiger partial charge >= 0.3 is 0 Å². The summed E-state index contributed by atoms with van der Waals surface area (Å²) in [7, 11) is 0. The molecular weight excluding hydrogens is 454 g/mol. The molecular formula is C27H27N7O2. The zero-order valence-corrected chi connectivity index (χ0v) is 20.2. The molecule has 5 aromatic rings. The first-order chi connectivity index (χ1) is 17.6. The van der Waals surface area contributed by atoms with Crippen LogP contribution >= 0.6 is 0 Å². The number of rotatable bonds is 5. The van der Waals surface area contributed by atoms with Crippen LogP contribution < -0.4 is 15.8 Å². The number of aromatic amines is 2. The lowest BCUT2D eigenvalue weighted by atomic mass is 10.1. The van der Waals surface area contributed by atoms with Crippen molar-refractivity contribution in [1.29, 1.82) is 0 Å². The first kappa shape index (κ1) is 22.2. The highest BCUT2D eigenvalue weighted by Gasteiger charge is 2.22. The van der Waals surface area contributed by atoms with E-state index in [2.05, 4.69) is 43.1 Å². The molecule has 3 aromatic heterocycles. The number of hydrogen-bond donors (Lipinski definition) is 3. The highest BCUT2D eigenvalue weighted by atomic mass is 16.5. The van der Waals surface area contributed by atoms with Gasteiger partial charge in [-0.1, -0.05) is 18.2 Å². The molecule has 0 unspecified atom stereocenters. The second-order valence-corrected chi connectivity index (χ2v) is 9.01. The molecule has 0 amide bonds. The van der Waals surface area contributed by atoms with E-state index < -0.39 is 0 Å². The van der Waals surface area contributed by atoms with Crippen molar-refractivity contribution in [3.63, 3.8) is 0 Å². The predicted molar refractivity (Wildman–Crippen MR) is 141 cm³/mol. The van der Waals surface area contributed by atoms with Crippen molar-refractivity contribution >= 4 is 33.3 Å². The number of aromatic nitrogens is 5. The molecule has 1 saturated heterocycles. The van der Waals surface area contributed by atoms with Crippen LogP contribution in [0.4, 0.5) is 11.4 Å². The van der Waals surface area contributed by atoms with Crippen molar-refractivity contribution in [2.45, 2.75) is 19.9 Å². The largest absolute Gasteiger partial charge is 0.378 e. The van der Waals surface area contributed by atoms with Gasteiger partial charge in [0.2, 0.25) is 0 Å². The van der Waals surface area contributed by atoms with Crippen molar-refractivity contribution in [3.8, 4) is 11.4 Å². The van der Waals surface area contributed by atoms with Crippen LogP contribution in [-0.4, -0.2) is 51.2 Å². The van der Waals surface area contributed by atoms with Crippen LogP contribution in [0.2, 0.25) is 0 Å². The van der Waals surface area contributed by atoms with Crippen LogP contribution in [0.5, 0.6) is 0 Å². The first-order valence-electron chi connectivity index (χ1n) is 12.1. The van der Waals surface area contributed by atoms with Crippen molar-refractivity contribution in [2.75, 3.05) is 36.5 Å². The molecule has 2 aromatic carbocycles. The zero-order valence-electron chi connectivity index (χ0n) is 20.2. The summed E-state index contributed by atoms with van der Waals surface area (Å²) in [5.74, 6) is 1.16. The average Bonchev–Trinajstić information content (AvgIpc) is 3.34. The minimum absolute atomic E-state index is 0.220. The van der Waals surface area contributed by atoms with Crippen molar-refractivity contribution < 1.29 is 4.74 Å². The van der Waals surface area contributed by atoms with Crippen LogP contribution in [0.15, 0.2) is 59.7 Å². The molecule has 6 rings (SSSR count).